The molecule has 23 heavy (non-hydrogen) atoms. The lowest BCUT2D eigenvalue weighted by Gasteiger charge is -2.29. The van der Waals surface area contributed by atoms with Crippen LogP contribution in [0.2, 0.25) is 0 Å². The number of nitrogens with one attached hydrogen (secondary N) is 1. The van der Waals surface area contributed by atoms with Gasteiger partial charge in [0.15, 0.2) is 10.7 Å². The molecule has 2 rings (SSSR count). The van der Waals surface area contributed by atoms with Crippen molar-refractivity contribution in [3.05, 3.63) is 22.3 Å². The molecule has 0 atom stereocenters. The SMILES string of the molecule is CCOC(=O)c1sc(NC=C2C(=O)OC(C)(C)OC2=O)nc1C. The second-order valence-electron chi connectivity index (χ2n) is 5.04. The molecule has 9 heteroatoms. The van der Waals surface area contributed by atoms with E-state index in [1.54, 1.807) is 13.8 Å². The van der Waals surface area contributed by atoms with Crippen LogP contribution in [0.1, 0.15) is 36.1 Å². The third-order valence-electron chi connectivity index (χ3n) is 2.71. The van der Waals surface area contributed by atoms with E-state index in [0.717, 1.165) is 17.5 Å². The van der Waals surface area contributed by atoms with Crippen LogP contribution in [0.4, 0.5) is 5.13 Å². The Morgan fingerprint density at radius 3 is 2.52 bits per heavy atom. The number of aromatic nitrogens is 1. The molecule has 0 saturated carbocycles. The summed E-state index contributed by atoms with van der Waals surface area (Å²) >= 11 is 1.05. The van der Waals surface area contributed by atoms with Crippen molar-refractivity contribution in [2.24, 2.45) is 0 Å². The van der Waals surface area contributed by atoms with Gasteiger partial charge in [0.2, 0.25) is 0 Å². The molecule has 1 aliphatic heterocycles. The molecule has 1 aromatic heterocycles. The molecule has 0 spiro atoms. The molecule has 1 aliphatic rings. The fraction of sp³-hybridized carbons (Fsp3) is 0.429. The van der Waals surface area contributed by atoms with Gasteiger partial charge in [-0.1, -0.05) is 11.3 Å². The lowest BCUT2D eigenvalue weighted by molar-refractivity contribution is -0.222. The highest BCUT2D eigenvalue weighted by atomic mass is 32.1. The number of anilines is 1. The topological polar surface area (TPSA) is 104 Å². The van der Waals surface area contributed by atoms with Crippen LogP contribution in [0.5, 0.6) is 0 Å². The first-order chi connectivity index (χ1) is 10.7. The van der Waals surface area contributed by atoms with Gasteiger partial charge in [0.05, 0.1) is 12.3 Å². The molecule has 8 nitrogen and oxygen atoms in total. The number of hydrogen-bond acceptors (Lipinski definition) is 9. The fourth-order valence-corrected chi connectivity index (χ4v) is 2.59. The van der Waals surface area contributed by atoms with Gasteiger partial charge < -0.3 is 19.5 Å². The summed E-state index contributed by atoms with van der Waals surface area (Å²) in [6.07, 6.45) is 1.15. The summed E-state index contributed by atoms with van der Waals surface area (Å²) in [6.45, 7) is 6.55. The van der Waals surface area contributed by atoms with Crippen LogP contribution in [0.3, 0.4) is 0 Å². The van der Waals surface area contributed by atoms with Gasteiger partial charge in [-0.25, -0.2) is 19.4 Å². The molecule has 1 aromatic rings. The van der Waals surface area contributed by atoms with E-state index in [1.165, 1.54) is 13.8 Å². The first kappa shape index (κ1) is 16.9. The summed E-state index contributed by atoms with van der Waals surface area (Å²) in [5, 5.41) is 3.03. The Bertz CT molecular complexity index is 669. The number of thiazole rings is 1. The largest absolute Gasteiger partial charge is 0.462 e. The second-order valence-corrected chi connectivity index (χ2v) is 6.03. The van der Waals surface area contributed by atoms with Crippen molar-refractivity contribution in [2.75, 3.05) is 11.9 Å². The molecular formula is C14H16N2O6S. The van der Waals surface area contributed by atoms with Crippen molar-refractivity contribution < 1.29 is 28.6 Å². The van der Waals surface area contributed by atoms with E-state index >= 15 is 0 Å². The number of carbonyl (C=O) groups excluding carboxylic acids is 3. The normalized spacial score (nSPS) is 16.4. The van der Waals surface area contributed by atoms with Crippen LogP contribution in [0, 0.1) is 6.92 Å². The summed E-state index contributed by atoms with van der Waals surface area (Å²) in [4.78, 5) is 39.8. The van der Waals surface area contributed by atoms with E-state index in [-0.39, 0.29) is 12.2 Å². The van der Waals surface area contributed by atoms with E-state index in [2.05, 4.69) is 10.3 Å². The van der Waals surface area contributed by atoms with Crippen molar-refractivity contribution in [1.82, 2.24) is 4.98 Å². The monoisotopic (exact) mass is 340 g/mol. The van der Waals surface area contributed by atoms with Crippen LogP contribution >= 0.6 is 11.3 Å². The molecule has 0 aromatic carbocycles. The van der Waals surface area contributed by atoms with Gasteiger partial charge in [-0.15, -0.1) is 0 Å². The highest BCUT2D eigenvalue weighted by molar-refractivity contribution is 7.17. The Hall–Kier alpha value is -2.42. The number of hydrogen-bond donors (Lipinski definition) is 1. The summed E-state index contributed by atoms with van der Waals surface area (Å²) in [5.74, 6) is -3.35. The van der Waals surface area contributed by atoms with Crippen molar-refractivity contribution in [1.29, 1.82) is 0 Å². The maximum Gasteiger partial charge on any atom is 0.350 e. The number of cyclic esters (lactones) is 2. The van der Waals surface area contributed by atoms with E-state index in [9.17, 15) is 14.4 Å². The lowest BCUT2D eigenvalue weighted by Crippen LogP contribution is -2.42. The van der Waals surface area contributed by atoms with Crippen LogP contribution < -0.4 is 5.32 Å². The molecule has 0 unspecified atom stereocenters. The van der Waals surface area contributed by atoms with Crippen molar-refractivity contribution >= 4 is 34.4 Å². The van der Waals surface area contributed by atoms with Gasteiger partial charge in [0.25, 0.3) is 5.79 Å². The minimum absolute atomic E-state index is 0.260. The number of carbonyl (C=O) groups is 3. The smallest absolute Gasteiger partial charge is 0.350 e. The van der Waals surface area contributed by atoms with Gasteiger partial charge in [0.1, 0.15) is 4.88 Å². The summed E-state index contributed by atoms with van der Waals surface area (Å²) < 4.78 is 14.8. The number of aryl methyl sites for hydroxylation is 1. The standard InChI is InChI=1S/C14H16N2O6S/c1-5-20-12(19)9-7(2)16-13(23-9)15-6-8-10(17)21-14(3,4)22-11(8)18/h6H,5H2,1-4H3,(H,15,16). The third-order valence-corrected chi connectivity index (χ3v) is 3.78. The molecule has 0 amide bonds. The average molecular weight is 340 g/mol. The molecular weight excluding hydrogens is 324 g/mol. The second kappa shape index (κ2) is 6.37. The minimum Gasteiger partial charge on any atom is -0.462 e. The quantitative estimate of drug-likeness (QED) is 0.502. The fourth-order valence-electron chi connectivity index (χ4n) is 1.76. The molecule has 1 fully saturated rings. The Morgan fingerprint density at radius 1 is 1.35 bits per heavy atom. The first-order valence-corrected chi connectivity index (χ1v) is 7.63. The Balaban J connectivity index is 2.14. The van der Waals surface area contributed by atoms with E-state index in [1.807, 2.05) is 0 Å². The lowest BCUT2D eigenvalue weighted by atomic mass is 10.2. The van der Waals surface area contributed by atoms with E-state index in [0.29, 0.717) is 15.7 Å². The Morgan fingerprint density at radius 2 is 1.96 bits per heavy atom. The molecule has 0 aliphatic carbocycles. The predicted octanol–water partition coefficient (Wildman–Crippen LogP) is 1.76. The van der Waals surface area contributed by atoms with E-state index < -0.39 is 23.7 Å². The zero-order valence-corrected chi connectivity index (χ0v) is 13.9. The van der Waals surface area contributed by atoms with Gasteiger partial charge >= 0.3 is 17.9 Å². The molecule has 2 heterocycles. The molecule has 1 saturated heterocycles. The average Bonchev–Trinajstić information content (AvgIpc) is 2.78. The number of nitrogens with zero attached hydrogens (tertiary/aromatic N) is 1. The molecule has 0 bridgehead atoms. The van der Waals surface area contributed by atoms with E-state index in [4.69, 9.17) is 14.2 Å². The summed E-state index contributed by atoms with van der Waals surface area (Å²) in [6, 6.07) is 0. The number of rotatable bonds is 4. The Labute approximate surface area is 136 Å². The van der Waals surface area contributed by atoms with Crippen molar-refractivity contribution in [3.8, 4) is 0 Å². The summed E-state index contributed by atoms with van der Waals surface area (Å²) in [5.41, 5.74) is 0.208. The molecule has 1 N–H and O–H groups in total. The maximum absolute atomic E-state index is 11.8. The Kier molecular flexibility index (Phi) is 4.69. The molecule has 0 radical (unpaired) electrons. The van der Waals surface area contributed by atoms with Gasteiger partial charge in [0, 0.05) is 20.0 Å². The number of esters is 3. The van der Waals surface area contributed by atoms with Crippen LogP contribution in [-0.2, 0) is 23.8 Å². The number of ether oxygens (including phenoxy) is 3. The highest BCUT2D eigenvalue weighted by Crippen LogP contribution is 2.25. The first-order valence-electron chi connectivity index (χ1n) is 6.81. The van der Waals surface area contributed by atoms with Crippen molar-refractivity contribution in [3.63, 3.8) is 0 Å². The van der Waals surface area contributed by atoms with Crippen LogP contribution in [0.25, 0.3) is 0 Å². The molecule has 124 valence electrons. The van der Waals surface area contributed by atoms with Crippen LogP contribution in [-0.4, -0.2) is 35.3 Å². The maximum atomic E-state index is 11.8. The van der Waals surface area contributed by atoms with Gasteiger partial charge in [-0.3, -0.25) is 0 Å². The van der Waals surface area contributed by atoms with Gasteiger partial charge in [-0.05, 0) is 13.8 Å². The van der Waals surface area contributed by atoms with Crippen LogP contribution in [0.15, 0.2) is 11.8 Å². The highest BCUT2D eigenvalue weighted by Gasteiger charge is 2.39. The summed E-state index contributed by atoms with van der Waals surface area (Å²) in [7, 11) is 0. The third kappa shape index (κ3) is 3.86. The zero-order valence-electron chi connectivity index (χ0n) is 13.1. The van der Waals surface area contributed by atoms with Crippen molar-refractivity contribution in [2.45, 2.75) is 33.5 Å². The predicted molar refractivity (Wildman–Crippen MR) is 80.8 cm³/mol. The minimum atomic E-state index is -1.29. The zero-order chi connectivity index (χ0) is 17.2. The van der Waals surface area contributed by atoms with Gasteiger partial charge in [-0.2, -0.15) is 0 Å².